The first-order valence-electron chi connectivity index (χ1n) is 11.1. The van der Waals surface area contributed by atoms with Crippen LogP contribution in [0.5, 0.6) is 0 Å². The predicted molar refractivity (Wildman–Crippen MR) is 127 cm³/mol. The van der Waals surface area contributed by atoms with Gasteiger partial charge in [0.15, 0.2) is 5.78 Å². The molecule has 1 saturated heterocycles. The second-order valence-electron chi connectivity index (χ2n) is 8.83. The van der Waals surface area contributed by atoms with Crippen LogP contribution in [0.4, 0.5) is 4.39 Å². The molecule has 3 aromatic rings. The van der Waals surface area contributed by atoms with E-state index >= 15 is 0 Å². The summed E-state index contributed by atoms with van der Waals surface area (Å²) < 4.78 is 44.6. The summed E-state index contributed by atoms with van der Waals surface area (Å²) >= 11 is 0. The summed E-state index contributed by atoms with van der Waals surface area (Å²) in [6.07, 6.45) is 6.46. The van der Waals surface area contributed by atoms with E-state index in [-0.39, 0.29) is 47.0 Å². The van der Waals surface area contributed by atoms with Gasteiger partial charge in [0.1, 0.15) is 17.2 Å². The van der Waals surface area contributed by atoms with Crippen LogP contribution in [0.15, 0.2) is 52.7 Å². The van der Waals surface area contributed by atoms with Gasteiger partial charge in [-0.2, -0.15) is 4.31 Å². The molecule has 0 N–H and O–H groups in total. The molecule has 0 radical (unpaired) electrons. The maximum absolute atomic E-state index is 13.4. The number of hydrogen-bond donors (Lipinski definition) is 0. The second-order valence-corrected chi connectivity index (χ2v) is 10.8. The largest absolute Gasteiger partial charge is 0.289 e. The number of halogens is 1. The van der Waals surface area contributed by atoms with E-state index in [1.807, 2.05) is 27.7 Å². The monoisotopic (exact) mass is 499 g/mol. The summed E-state index contributed by atoms with van der Waals surface area (Å²) in [5, 5.41) is 16.3. The zero-order chi connectivity index (χ0) is 25.3. The van der Waals surface area contributed by atoms with Crippen LogP contribution in [-0.2, 0) is 14.8 Å². The zero-order valence-corrected chi connectivity index (χ0v) is 20.6. The zero-order valence-electron chi connectivity index (χ0n) is 19.8. The minimum Gasteiger partial charge on any atom is -0.289 e. The van der Waals surface area contributed by atoms with Crippen molar-refractivity contribution in [2.45, 2.75) is 44.7 Å². The van der Waals surface area contributed by atoms with Gasteiger partial charge in [-0.15, -0.1) is 10.2 Å². The van der Waals surface area contributed by atoms with E-state index in [1.54, 1.807) is 33.9 Å². The van der Waals surface area contributed by atoms with Crippen LogP contribution in [0.3, 0.4) is 0 Å². The Balaban J connectivity index is 1.75. The fraction of sp³-hybridized carbons (Fsp3) is 0.348. The summed E-state index contributed by atoms with van der Waals surface area (Å²) in [7, 11) is -4.02. The van der Waals surface area contributed by atoms with E-state index in [1.165, 1.54) is 16.4 Å². The molecule has 184 valence electrons. The molecule has 3 heterocycles. The van der Waals surface area contributed by atoms with E-state index in [2.05, 4.69) is 20.6 Å². The van der Waals surface area contributed by atoms with Crippen molar-refractivity contribution >= 4 is 28.0 Å². The Kier molecular flexibility index (Phi) is 6.77. The average molecular weight is 500 g/mol. The minimum atomic E-state index is -4.02. The van der Waals surface area contributed by atoms with Crippen LogP contribution < -0.4 is 0 Å². The first kappa shape index (κ1) is 24.6. The Bertz CT molecular complexity index is 1330. The molecule has 0 aliphatic carbocycles. The quantitative estimate of drug-likeness (QED) is 0.479. The van der Waals surface area contributed by atoms with Crippen molar-refractivity contribution in [2.75, 3.05) is 13.1 Å². The summed E-state index contributed by atoms with van der Waals surface area (Å²) in [6, 6.07) is 4.73. The number of Topliss-reactive ketones (excluding diaryl/α,β-unsaturated/α-hetero) is 1. The molecule has 1 aliphatic rings. The van der Waals surface area contributed by atoms with Crippen molar-refractivity contribution in [3.05, 3.63) is 65.0 Å². The van der Waals surface area contributed by atoms with Crippen molar-refractivity contribution < 1.29 is 17.6 Å². The number of hydrogen-bond acceptors (Lipinski definition) is 7. The lowest BCUT2D eigenvalue weighted by atomic mass is 9.97. The SMILES string of the molecule is CC(C)n1cc(C=C2CN(S(=O)(=O)c3ccc(F)cc3)CC(=Cc3cn(C(C)C)nn3)C2=O)nn1. The number of carbonyl (C=O) groups excluding carboxylic acids is 1. The van der Waals surface area contributed by atoms with E-state index < -0.39 is 15.8 Å². The maximum atomic E-state index is 13.4. The lowest BCUT2D eigenvalue weighted by Gasteiger charge is -2.29. The average Bonchev–Trinajstić information content (AvgIpc) is 3.46. The van der Waals surface area contributed by atoms with Gasteiger partial charge in [0.2, 0.25) is 10.0 Å². The van der Waals surface area contributed by atoms with Crippen molar-refractivity contribution in [1.82, 2.24) is 34.3 Å². The summed E-state index contributed by atoms with van der Waals surface area (Å²) in [5.41, 5.74) is 1.35. The highest BCUT2D eigenvalue weighted by molar-refractivity contribution is 7.89. The molecule has 0 atom stereocenters. The number of carbonyl (C=O) groups is 1. The molecule has 1 aliphatic heterocycles. The summed E-state index contributed by atoms with van der Waals surface area (Å²) in [5.74, 6) is -0.853. The Hall–Kier alpha value is -3.51. The van der Waals surface area contributed by atoms with Crippen LogP contribution in [0.1, 0.15) is 51.2 Å². The number of aromatic nitrogens is 6. The molecule has 10 nitrogen and oxygen atoms in total. The fourth-order valence-corrected chi connectivity index (χ4v) is 4.90. The molecule has 2 aromatic heterocycles. The highest BCUT2D eigenvalue weighted by atomic mass is 32.2. The van der Waals surface area contributed by atoms with Crippen molar-refractivity contribution in [2.24, 2.45) is 0 Å². The molecule has 0 unspecified atom stereocenters. The van der Waals surface area contributed by atoms with Gasteiger partial charge in [-0.25, -0.2) is 22.2 Å². The smallest absolute Gasteiger partial charge is 0.243 e. The van der Waals surface area contributed by atoms with Gasteiger partial charge >= 0.3 is 0 Å². The third-order valence-corrected chi connectivity index (χ3v) is 7.29. The van der Waals surface area contributed by atoms with Gasteiger partial charge < -0.3 is 0 Å². The second kappa shape index (κ2) is 9.62. The normalized spacial score (nSPS) is 17.9. The minimum absolute atomic E-state index is 0.0662. The van der Waals surface area contributed by atoms with Gasteiger partial charge in [-0.05, 0) is 64.1 Å². The van der Waals surface area contributed by atoms with Crippen LogP contribution in [0, 0.1) is 5.82 Å². The van der Waals surface area contributed by atoms with Crippen molar-refractivity contribution in [3.63, 3.8) is 0 Å². The van der Waals surface area contributed by atoms with Gasteiger partial charge in [-0.3, -0.25) is 4.79 Å². The standard InChI is InChI=1S/C23H26FN7O3S/c1-15(2)30-13-20(25-27-30)9-17-11-29(35(33,34)22-7-5-19(24)6-8-22)12-18(23(17)32)10-21-14-31(16(3)4)28-26-21/h5-10,13-16H,11-12H2,1-4H3. The molecule has 0 amide bonds. The van der Waals surface area contributed by atoms with Gasteiger partial charge in [-0.1, -0.05) is 10.4 Å². The highest BCUT2D eigenvalue weighted by Crippen LogP contribution is 2.27. The molecule has 4 rings (SSSR count). The number of sulfonamides is 1. The molecule has 0 bridgehead atoms. The number of benzene rings is 1. The first-order chi connectivity index (χ1) is 16.5. The lowest BCUT2D eigenvalue weighted by molar-refractivity contribution is -0.113. The molecular formula is C23H26FN7O3S. The van der Waals surface area contributed by atoms with Gasteiger partial charge in [0.05, 0.1) is 17.3 Å². The Morgan fingerprint density at radius 1 is 0.857 bits per heavy atom. The summed E-state index contributed by atoms with van der Waals surface area (Å²) in [4.78, 5) is 13.3. The van der Waals surface area contributed by atoms with Crippen molar-refractivity contribution in [3.8, 4) is 0 Å². The van der Waals surface area contributed by atoms with E-state index in [9.17, 15) is 17.6 Å². The Labute approximate surface area is 202 Å². The molecule has 0 spiro atoms. The topological polar surface area (TPSA) is 116 Å². The van der Waals surface area contributed by atoms with E-state index in [4.69, 9.17) is 0 Å². The number of rotatable bonds is 6. The Morgan fingerprint density at radius 2 is 1.31 bits per heavy atom. The Morgan fingerprint density at radius 3 is 1.71 bits per heavy atom. The van der Waals surface area contributed by atoms with E-state index in [0.717, 1.165) is 12.1 Å². The summed E-state index contributed by atoms with van der Waals surface area (Å²) in [6.45, 7) is 7.45. The third kappa shape index (κ3) is 5.28. The maximum Gasteiger partial charge on any atom is 0.243 e. The van der Waals surface area contributed by atoms with Crippen molar-refractivity contribution in [1.29, 1.82) is 0 Å². The first-order valence-corrected chi connectivity index (χ1v) is 12.5. The van der Waals surface area contributed by atoms with Crippen LogP contribution in [0.2, 0.25) is 0 Å². The highest BCUT2D eigenvalue weighted by Gasteiger charge is 2.34. The van der Waals surface area contributed by atoms with Crippen LogP contribution >= 0.6 is 0 Å². The van der Waals surface area contributed by atoms with E-state index in [0.29, 0.717) is 11.4 Å². The number of piperidine rings is 1. The van der Waals surface area contributed by atoms with Gasteiger partial charge in [0.25, 0.3) is 0 Å². The van der Waals surface area contributed by atoms with Crippen LogP contribution in [0.25, 0.3) is 12.2 Å². The lowest BCUT2D eigenvalue weighted by Crippen LogP contribution is -2.41. The molecule has 35 heavy (non-hydrogen) atoms. The molecule has 12 heteroatoms. The molecule has 0 saturated carbocycles. The number of nitrogens with zero attached hydrogens (tertiary/aromatic N) is 7. The molecular weight excluding hydrogens is 473 g/mol. The molecule has 1 aromatic carbocycles. The third-order valence-electron chi connectivity index (χ3n) is 5.49. The predicted octanol–water partition coefficient (Wildman–Crippen LogP) is 2.91. The number of ketones is 1. The molecule has 1 fully saturated rings. The van der Waals surface area contributed by atoms with Crippen LogP contribution in [-0.4, -0.2) is 61.6 Å². The fourth-order valence-electron chi connectivity index (χ4n) is 3.51. The van der Waals surface area contributed by atoms with Gasteiger partial charge in [0, 0.05) is 36.3 Å².